The molecule has 2 aliphatic carbocycles. The first kappa shape index (κ1) is 46.6. The van der Waals surface area contributed by atoms with Crippen molar-refractivity contribution in [3.05, 3.63) is 188 Å². The van der Waals surface area contributed by atoms with Crippen molar-refractivity contribution in [1.82, 2.24) is 5.32 Å². The summed E-state index contributed by atoms with van der Waals surface area (Å²) in [5.41, 5.74) is 3.35. The Kier molecular flexibility index (Phi) is 11.7. The number of rotatable bonds is 11. The molecule has 0 saturated heterocycles. The second-order valence-corrected chi connectivity index (χ2v) is 17.3. The van der Waals surface area contributed by atoms with Crippen LogP contribution in [0.1, 0.15) is 57.4 Å². The minimum atomic E-state index is -1.40. The molecule has 16 nitrogen and oxygen atoms in total. The molecule has 0 spiro atoms. The van der Waals surface area contributed by atoms with Crippen LogP contribution in [0.4, 0.5) is 11.4 Å². The Morgan fingerprint density at radius 2 is 1.21 bits per heavy atom. The van der Waals surface area contributed by atoms with E-state index in [-0.39, 0.29) is 62.6 Å². The minimum absolute atomic E-state index is 0.00226. The number of anilines is 2. The van der Waals surface area contributed by atoms with Crippen LogP contribution in [0.2, 0.25) is 0 Å². The van der Waals surface area contributed by atoms with Crippen LogP contribution in [0.25, 0.3) is 77.6 Å². The van der Waals surface area contributed by atoms with Gasteiger partial charge in [0, 0.05) is 100 Å². The van der Waals surface area contributed by atoms with Gasteiger partial charge in [0.15, 0.2) is 5.43 Å². The topological polar surface area (TPSA) is 249 Å². The van der Waals surface area contributed by atoms with E-state index in [1.54, 1.807) is 61.6 Å². The van der Waals surface area contributed by atoms with Crippen molar-refractivity contribution in [3.8, 4) is 50.7 Å². The van der Waals surface area contributed by atoms with Gasteiger partial charge in [-0.05, 0) is 108 Å². The molecule has 10 rings (SSSR count). The Morgan fingerprint density at radius 3 is 1.90 bits per heavy atom. The zero-order valence-corrected chi connectivity index (χ0v) is 38.9. The van der Waals surface area contributed by atoms with Gasteiger partial charge >= 0.3 is 17.9 Å². The van der Waals surface area contributed by atoms with Gasteiger partial charge in [0.25, 0.3) is 11.8 Å². The zero-order chi connectivity index (χ0) is 51.4. The van der Waals surface area contributed by atoms with Gasteiger partial charge in [0.2, 0.25) is 0 Å². The van der Waals surface area contributed by atoms with E-state index in [1.807, 2.05) is 49.3 Å². The maximum atomic E-state index is 14.0. The first-order valence-corrected chi connectivity index (χ1v) is 22.5. The van der Waals surface area contributed by atoms with E-state index >= 15 is 0 Å². The van der Waals surface area contributed by atoms with E-state index in [4.69, 9.17) is 8.83 Å². The largest absolute Gasteiger partial charge is 0.508 e. The third-order valence-corrected chi connectivity index (χ3v) is 12.8. The summed E-state index contributed by atoms with van der Waals surface area (Å²) in [6, 6.07) is 36.1. The van der Waals surface area contributed by atoms with Gasteiger partial charge in [0.1, 0.15) is 28.4 Å². The molecule has 0 saturated carbocycles. The van der Waals surface area contributed by atoms with Crippen LogP contribution < -0.4 is 26.3 Å². The van der Waals surface area contributed by atoms with Crippen LogP contribution in [-0.2, 0) is 6.54 Å². The molecule has 0 fully saturated rings. The van der Waals surface area contributed by atoms with Gasteiger partial charge in [-0.3, -0.25) is 19.4 Å². The van der Waals surface area contributed by atoms with Crippen molar-refractivity contribution in [1.29, 1.82) is 0 Å². The van der Waals surface area contributed by atoms with Gasteiger partial charge in [-0.1, -0.05) is 30.3 Å². The van der Waals surface area contributed by atoms with Crippen molar-refractivity contribution < 1.29 is 53.2 Å². The van der Waals surface area contributed by atoms with E-state index in [2.05, 4.69) is 15.6 Å². The van der Waals surface area contributed by atoms with Crippen LogP contribution in [0, 0.1) is 0 Å². The molecule has 6 N–H and O–H groups in total. The summed E-state index contributed by atoms with van der Waals surface area (Å²) in [5.74, 6) is -4.80. The lowest BCUT2D eigenvalue weighted by atomic mass is 9.88. The molecule has 16 heteroatoms. The lowest BCUT2D eigenvalue weighted by Gasteiger charge is -2.19. The van der Waals surface area contributed by atoms with E-state index in [0.29, 0.717) is 71.8 Å². The highest BCUT2D eigenvalue weighted by atomic mass is 16.4. The number of nitrogens with one attached hydrogen (secondary N) is 2. The summed E-state index contributed by atoms with van der Waals surface area (Å²) in [6.45, 7) is -0.337. The van der Waals surface area contributed by atoms with E-state index < -0.39 is 35.2 Å². The van der Waals surface area contributed by atoms with Crippen molar-refractivity contribution in [2.45, 2.75) is 6.54 Å². The number of fused-ring (bicyclic) bond motifs is 5. The third kappa shape index (κ3) is 8.48. The summed E-state index contributed by atoms with van der Waals surface area (Å²) in [6.07, 6.45) is 0. The van der Waals surface area contributed by atoms with E-state index in [9.17, 15) is 49.2 Å². The number of nitrogens with zero attached hydrogens (tertiary/aromatic N) is 2. The van der Waals surface area contributed by atoms with Crippen molar-refractivity contribution >= 4 is 73.8 Å². The second kappa shape index (κ2) is 18.3. The molecule has 0 bridgehead atoms. The number of carboxylic acids is 3. The van der Waals surface area contributed by atoms with Gasteiger partial charge < -0.3 is 44.8 Å². The number of aromatic carboxylic acids is 3. The van der Waals surface area contributed by atoms with Crippen molar-refractivity contribution in [2.24, 2.45) is 4.99 Å². The molecule has 73 heavy (non-hydrogen) atoms. The second-order valence-electron chi connectivity index (χ2n) is 17.3. The average molecular weight is 973 g/mol. The molecule has 0 radical (unpaired) electrons. The SMILES string of the molecule is C/N=c1/ccc2c(-c3ccc(C(=O)Nc4cccc5cc(C(=O)NCc6c7oc8cc(O)ccc8c(-c8ccc(C(=O)O)cc8C(=O)O)c-7ccc6=O)ccc45)cc3C(=O)O)c3ccc(N(C)C)cc3oc-2c1. The normalized spacial score (nSPS) is 11.6. The van der Waals surface area contributed by atoms with Gasteiger partial charge in [-0.25, -0.2) is 14.4 Å². The predicted octanol–water partition coefficient (Wildman–Crippen LogP) is 9.81. The molecule has 6 aromatic carbocycles. The summed E-state index contributed by atoms with van der Waals surface area (Å²) >= 11 is 0. The standard InChI is InChI=1S/C57H40N4O12/c1-58-32-10-16-38-47(24-32)72-48-25-33(61(2)3)11-17-39(48)50(38)36-14-8-30(22-42(36)56(68)69)54(65)60-45-6-4-5-28-21-29(7-13-35(28)45)53(64)59-27-44-46(63)20-19-41-51(40-18-12-34(62)26-49(40)73-52(41)44)37-15-9-31(55(66)67)23-43(37)57(70)71/h4-26,62H,27H2,1-3H3,(H,59,64)(H,60,65)(H,66,67)(H,68,69)(H,70,71)/b58-32-. The van der Waals surface area contributed by atoms with Gasteiger partial charge in [0.05, 0.1) is 34.2 Å². The number of phenols is 1. The quantitative estimate of drug-likeness (QED) is 0.0661. The molecule has 6 aromatic rings. The molecular weight excluding hydrogens is 933 g/mol. The number of hydrogen-bond donors (Lipinski definition) is 6. The number of aromatic hydroxyl groups is 1. The number of benzene rings is 8. The summed E-state index contributed by atoms with van der Waals surface area (Å²) in [7, 11) is 5.48. The fourth-order valence-electron chi connectivity index (χ4n) is 9.16. The zero-order valence-electron chi connectivity index (χ0n) is 38.9. The predicted molar refractivity (Wildman–Crippen MR) is 274 cm³/mol. The average Bonchev–Trinajstić information content (AvgIpc) is 3.38. The maximum absolute atomic E-state index is 14.0. The molecule has 4 aliphatic rings. The monoisotopic (exact) mass is 972 g/mol. The summed E-state index contributed by atoms with van der Waals surface area (Å²) in [4.78, 5) is 84.8. The summed E-state index contributed by atoms with van der Waals surface area (Å²) in [5, 5.41) is 49.3. The fourth-order valence-corrected chi connectivity index (χ4v) is 9.16. The molecule has 2 amide bonds. The molecule has 360 valence electrons. The number of carbonyl (C=O) groups excluding carboxylic acids is 2. The fraction of sp³-hybridized carbons (Fsp3) is 0.0702. The number of carboxylic acid groups (broad SMARTS) is 3. The Hall–Kier alpha value is -10.1. The number of amides is 2. The van der Waals surface area contributed by atoms with Crippen LogP contribution in [0.15, 0.2) is 158 Å². The Morgan fingerprint density at radius 1 is 0.589 bits per heavy atom. The maximum Gasteiger partial charge on any atom is 0.336 e. The van der Waals surface area contributed by atoms with Crippen LogP contribution in [0.5, 0.6) is 5.75 Å². The van der Waals surface area contributed by atoms with E-state index in [0.717, 1.165) is 11.8 Å². The third-order valence-electron chi connectivity index (χ3n) is 12.8. The van der Waals surface area contributed by atoms with Gasteiger partial charge in [-0.2, -0.15) is 0 Å². The minimum Gasteiger partial charge on any atom is -0.508 e. The smallest absolute Gasteiger partial charge is 0.336 e. The number of carbonyl (C=O) groups is 5. The molecule has 0 unspecified atom stereocenters. The van der Waals surface area contributed by atoms with Crippen molar-refractivity contribution in [2.75, 3.05) is 31.4 Å². The molecule has 2 heterocycles. The Bertz CT molecular complexity index is 4080. The highest BCUT2D eigenvalue weighted by Crippen LogP contribution is 2.45. The molecule has 0 aromatic heterocycles. The van der Waals surface area contributed by atoms with Crippen LogP contribution in [-0.4, -0.2) is 71.3 Å². The highest BCUT2D eigenvalue weighted by Gasteiger charge is 2.27. The number of hydrogen-bond acceptors (Lipinski definition) is 11. The summed E-state index contributed by atoms with van der Waals surface area (Å²) < 4.78 is 12.6. The van der Waals surface area contributed by atoms with E-state index in [1.165, 1.54) is 48.5 Å². The number of phenolic OH excluding ortho intramolecular Hbond substituents is 1. The van der Waals surface area contributed by atoms with Crippen molar-refractivity contribution in [3.63, 3.8) is 0 Å². The first-order chi connectivity index (χ1) is 35.1. The van der Waals surface area contributed by atoms with Crippen LogP contribution in [0.3, 0.4) is 0 Å². The lowest BCUT2D eigenvalue weighted by molar-refractivity contribution is 0.0682. The molecule has 2 aliphatic heterocycles. The van der Waals surface area contributed by atoms with Gasteiger partial charge in [-0.15, -0.1) is 0 Å². The Balaban J connectivity index is 0.937. The lowest BCUT2D eigenvalue weighted by Crippen LogP contribution is -2.26. The Labute approximate surface area is 413 Å². The highest BCUT2D eigenvalue weighted by molar-refractivity contribution is 6.14. The molecule has 0 atom stereocenters. The van der Waals surface area contributed by atoms with Crippen LogP contribution >= 0.6 is 0 Å². The molecular formula is C57H40N4O12. The first-order valence-electron chi connectivity index (χ1n) is 22.5.